The number of methoxy groups -OCH3 is 3. The minimum atomic E-state index is -0.540. The molecule has 1 aliphatic heterocycles. The molecule has 4 rings (SSSR count). The van der Waals surface area contributed by atoms with E-state index < -0.39 is 5.97 Å². The summed E-state index contributed by atoms with van der Waals surface area (Å²) in [6.45, 7) is 0.786. The maximum Gasteiger partial charge on any atom is 0.340 e. The molecule has 0 atom stereocenters. The van der Waals surface area contributed by atoms with Gasteiger partial charge in [-0.05, 0) is 43.5 Å². The summed E-state index contributed by atoms with van der Waals surface area (Å²) < 4.78 is 23.7. The lowest BCUT2D eigenvalue weighted by Crippen LogP contribution is -2.28. The Hall–Kier alpha value is -3.68. The van der Waals surface area contributed by atoms with E-state index in [9.17, 15) is 9.59 Å². The second-order valence-electron chi connectivity index (χ2n) is 7.93. The van der Waals surface area contributed by atoms with Gasteiger partial charge in [-0.2, -0.15) is 0 Å². The summed E-state index contributed by atoms with van der Waals surface area (Å²) in [6.07, 6.45) is 2.63. The van der Waals surface area contributed by atoms with Gasteiger partial charge in [-0.3, -0.25) is 9.36 Å². The number of rotatable bonds is 6. The fraction of sp³-hybridized carbons (Fsp3) is 0.360. The van der Waals surface area contributed by atoms with E-state index in [1.165, 1.54) is 21.3 Å². The summed E-state index contributed by atoms with van der Waals surface area (Å²) in [5.74, 6) is 1.39. The third-order valence-electron chi connectivity index (χ3n) is 6.00. The van der Waals surface area contributed by atoms with Crippen molar-refractivity contribution in [3.8, 4) is 17.2 Å². The molecule has 0 unspecified atom stereocenters. The van der Waals surface area contributed by atoms with Crippen LogP contribution >= 0.6 is 0 Å². The van der Waals surface area contributed by atoms with E-state index in [0.29, 0.717) is 29.1 Å². The van der Waals surface area contributed by atoms with Gasteiger partial charge in [0.2, 0.25) is 5.75 Å². The van der Waals surface area contributed by atoms with Crippen molar-refractivity contribution in [2.45, 2.75) is 26.0 Å². The molecule has 0 radical (unpaired) electrons. The summed E-state index contributed by atoms with van der Waals surface area (Å²) in [6, 6.07) is 10.5. The number of benzene rings is 2. The van der Waals surface area contributed by atoms with Crippen molar-refractivity contribution in [3.05, 3.63) is 57.7 Å². The topological polar surface area (TPSA) is 79.2 Å². The number of hydrogen-bond acceptors (Lipinski definition) is 7. The number of pyridine rings is 1. The van der Waals surface area contributed by atoms with E-state index >= 15 is 0 Å². The highest BCUT2D eigenvalue weighted by molar-refractivity contribution is 5.91. The molecule has 1 aliphatic rings. The lowest BCUT2D eigenvalue weighted by Gasteiger charge is -2.26. The van der Waals surface area contributed by atoms with Crippen LogP contribution in [0.4, 0.5) is 5.82 Å². The Bertz CT molecular complexity index is 1220. The van der Waals surface area contributed by atoms with Gasteiger partial charge >= 0.3 is 5.97 Å². The fourth-order valence-electron chi connectivity index (χ4n) is 4.40. The second-order valence-corrected chi connectivity index (χ2v) is 7.93. The predicted molar refractivity (Wildman–Crippen MR) is 126 cm³/mol. The van der Waals surface area contributed by atoms with E-state index in [1.54, 1.807) is 12.1 Å². The molecule has 0 spiro atoms. The van der Waals surface area contributed by atoms with Gasteiger partial charge in [-0.15, -0.1) is 0 Å². The monoisotopic (exact) mass is 452 g/mol. The van der Waals surface area contributed by atoms with Crippen LogP contribution in [-0.2, 0) is 17.9 Å². The number of esters is 1. The quantitative estimate of drug-likeness (QED) is 0.529. The first kappa shape index (κ1) is 22.5. The summed E-state index contributed by atoms with van der Waals surface area (Å²) >= 11 is 0. The number of para-hydroxylation sites is 1. The zero-order valence-corrected chi connectivity index (χ0v) is 19.3. The summed E-state index contributed by atoms with van der Waals surface area (Å²) in [4.78, 5) is 28.3. The number of anilines is 1. The lowest BCUT2D eigenvalue weighted by atomic mass is 10.1. The van der Waals surface area contributed by atoms with Gasteiger partial charge < -0.3 is 23.8 Å². The van der Waals surface area contributed by atoms with E-state index in [1.807, 2.05) is 35.9 Å². The first-order valence-corrected chi connectivity index (χ1v) is 10.8. The second kappa shape index (κ2) is 9.44. The van der Waals surface area contributed by atoms with E-state index in [2.05, 4.69) is 4.90 Å². The number of hydrogen-bond donors (Lipinski definition) is 0. The van der Waals surface area contributed by atoms with Crippen LogP contribution < -0.4 is 24.5 Å². The Balaban J connectivity index is 1.74. The molecule has 8 heteroatoms. The van der Waals surface area contributed by atoms with Crippen molar-refractivity contribution in [3.63, 3.8) is 0 Å². The Morgan fingerprint density at radius 2 is 1.70 bits per heavy atom. The van der Waals surface area contributed by atoms with E-state index in [0.717, 1.165) is 36.3 Å². The summed E-state index contributed by atoms with van der Waals surface area (Å²) in [5.41, 5.74) is 1.81. The van der Waals surface area contributed by atoms with Gasteiger partial charge in [0.1, 0.15) is 5.82 Å². The molecular formula is C25H28N2O6. The van der Waals surface area contributed by atoms with E-state index in [-0.39, 0.29) is 17.7 Å². The third kappa shape index (κ3) is 4.08. The van der Waals surface area contributed by atoms with Crippen LogP contribution in [0.15, 0.2) is 41.2 Å². The fourth-order valence-corrected chi connectivity index (χ4v) is 4.40. The Kier molecular flexibility index (Phi) is 6.44. The molecule has 2 heterocycles. The highest BCUT2D eigenvalue weighted by Crippen LogP contribution is 2.38. The number of aromatic nitrogens is 1. The van der Waals surface area contributed by atoms with Crippen molar-refractivity contribution >= 4 is 22.7 Å². The molecule has 0 saturated heterocycles. The van der Waals surface area contributed by atoms with Crippen molar-refractivity contribution in [1.29, 1.82) is 0 Å². The predicted octanol–water partition coefficient (Wildman–Crippen LogP) is 3.61. The molecule has 0 fully saturated rings. The van der Waals surface area contributed by atoms with Crippen LogP contribution in [-0.4, -0.2) is 45.5 Å². The van der Waals surface area contributed by atoms with Crippen LogP contribution in [0.25, 0.3) is 10.9 Å². The van der Waals surface area contributed by atoms with Crippen LogP contribution in [0.2, 0.25) is 0 Å². The van der Waals surface area contributed by atoms with Crippen molar-refractivity contribution < 1.29 is 23.7 Å². The Morgan fingerprint density at radius 1 is 1.00 bits per heavy atom. The highest BCUT2D eigenvalue weighted by atomic mass is 16.5. The van der Waals surface area contributed by atoms with Crippen molar-refractivity contribution in [2.24, 2.45) is 0 Å². The molecule has 0 aliphatic carbocycles. The highest BCUT2D eigenvalue weighted by Gasteiger charge is 2.23. The van der Waals surface area contributed by atoms with Crippen molar-refractivity contribution in [2.75, 3.05) is 39.8 Å². The maximum atomic E-state index is 13.2. The normalized spacial score (nSPS) is 13.3. The number of carbonyl (C=O) groups excluding carboxylic acids is 1. The largest absolute Gasteiger partial charge is 0.493 e. The molecule has 0 N–H and O–H groups in total. The number of fused-ring (bicyclic) bond motifs is 2. The minimum Gasteiger partial charge on any atom is -0.493 e. The standard InChI is InChI=1S/C25H28N2O6/c1-26-12-8-7-10-18-22(28)17-9-5-6-11-19(17)27(24(18)26)15-33-25(29)16-13-20(30-2)23(32-4)21(14-16)31-3/h5-6,9,11,13-14H,7-8,10,12,15H2,1-4H3. The Morgan fingerprint density at radius 3 is 2.36 bits per heavy atom. The molecule has 2 aromatic carbocycles. The molecule has 33 heavy (non-hydrogen) atoms. The van der Waals surface area contributed by atoms with Gasteiger partial charge in [0.05, 0.1) is 32.4 Å². The molecule has 8 nitrogen and oxygen atoms in total. The summed E-state index contributed by atoms with van der Waals surface area (Å²) in [5, 5.41) is 0.621. The SMILES string of the molecule is COc1cc(C(=O)OCn2c3c(c(=O)c4ccccc42)CCCCN3C)cc(OC)c1OC. The zero-order chi connectivity index (χ0) is 23.5. The number of ether oxygens (including phenoxy) is 4. The maximum absolute atomic E-state index is 13.2. The number of carbonyl (C=O) groups is 1. The molecule has 1 aromatic heterocycles. The first-order valence-electron chi connectivity index (χ1n) is 10.8. The average molecular weight is 453 g/mol. The third-order valence-corrected chi connectivity index (χ3v) is 6.00. The van der Waals surface area contributed by atoms with Gasteiger partial charge in [0.25, 0.3) is 0 Å². The molecule has 3 aromatic rings. The van der Waals surface area contributed by atoms with Crippen LogP contribution in [0.1, 0.15) is 28.8 Å². The molecule has 0 amide bonds. The van der Waals surface area contributed by atoms with Gasteiger partial charge in [-0.25, -0.2) is 4.79 Å². The smallest absolute Gasteiger partial charge is 0.340 e. The lowest BCUT2D eigenvalue weighted by molar-refractivity contribution is 0.0380. The first-order chi connectivity index (χ1) is 16.0. The molecular weight excluding hydrogens is 424 g/mol. The average Bonchev–Trinajstić information content (AvgIpc) is 3.04. The molecule has 0 saturated carbocycles. The molecule has 0 bridgehead atoms. The number of nitrogens with zero attached hydrogens (tertiary/aromatic N) is 2. The van der Waals surface area contributed by atoms with Gasteiger partial charge in [-0.1, -0.05) is 12.1 Å². The van der Waals surface area contributed by atoms with Crippen LogP contribution in [0, 0.1) is 0 Å². The zero-order valence-electron chi connectivity index (χ0n) is 19.3. The van der Waals surface area contributed by atoms with Gasteiger partial charge in [0, 0.05) is 24.5 Å². The minimum absolute atomic E-state index is 0.0387. The molecule has 174 valence electrons. The Labute approximate surface area is 192 Å². The van der Waals surface area contributed by atoms with Gasteiger partial charge in [0.15, 0.2) is 23.7 Å². The summed E-state index contributed by atoms with van der Waals surface area (Å²) in [7, 11) is 6.45. The van der Waals surface area contributed by atoms with Crippen LogP contribution in [0.5, 0.6) is 17.2 Å². The van der Waals surface area contributed by atoms with Crippen molar-refractivity contribution in [1.82, 2.24) is 4.57 Å². The van der Waals surface area contributed by atoms with Crippen LogP contribution in [0.3, 0.4) is 0 Å². The van der Waals surface area contributed by atoms with E-state index in [4.69, 9.17) is 18.9 Å².